The summed E-state index contributed by atoms with van der Waals surface area (Å²) in [6.45, 7) is 6.39. The molecule has 0 saturated carbocycles. The molecule has 0 aromatic carbocycles. The largest absolute Gasteiger partial charge is 0.477 e. The first kappa shape index (κ1) is 14.9. The Hall–Kier alpha value is -2.11. The molecule has 0 spiro atoms. The number of hydrogen-bond acceptors (Lipinski definition) is 4. The Kier molecular flexibility index (Phi) is 5.29. The Bertz CT molecular complexity index is 460. The molecule has 1 amide bonds. The second-order valence-electron chi connectivity index (χ2n) is 4.42. The second kappa shape index (κ2) is 6.72. The maximum Gasteiger partial charge on any atom is 0.354 e. The van der Waals surface area contributed by atoms with Crippen molar-refractivity contribution >= 4 is 17.7 Å². The summed E-state index contributed by atoms with van der Waals surface area (Å²) in [6, 6.07) is 4.81. The first-order valence-electron chi connectivity index (χ1n) is 6.18. The van der Waals surface area contributed by atoms with Crippen molar-refractivity contribution in [2.75, 3.05) is 18.0 Å². The van der Waals surface area contributed by atoms with Crippen LogP contribution >= 0.6 is 0 Å². The zero-order chi connectivity index (χ0) is 14.4. The van der Waals surface area contributed by atoms with Gasteiger partial charge in [-0.25, -0.2) is 9.78 Å². The number of nitrogens with one attached hydrogen (secondary N) is 1. The summed E-state index contributed by atoms with van der Waals surface area (Å²) in [5.41, 5.74) is -0.0276. The standard InChI is InChI=1S/C13H19N3O3/c1-4-16(8-12(17)14-9(2)3)11-7-5-6-10(15-11)13(18)19/h5-7,9H,4,8H2,1-3H3,(H,14,17)(H,18,19). The van der Waals surface area contributed by atoms with Gasteiger partial charge in [0.1, 0.15) is 5.82 Å². The monoisotopic (exact) mass is 265 g/mol. The number of carboxylic acid groups (broad SMARTS) is 1. The van der Waals surface area contributed by atoms with E-state index in [1.807, 2.05) is 20.8 Å². The normalized spacial score (nSPS) is 10.3. The number of nitrogens with zero attached hydrogens (tertiary/aromatic N) is 2. The molecule has 104 valence electrons. The Balaban J connectivity index is 2.82. The fourth-order valence-electron chi connectivity index (χ4n) is 1.61. The van der Waals surface area contributed by atoms with Crippen molar-refractivity contribution < 1.29 is 14.7 Å². The summed E-state index contributed by atoms with van der Waals surface area (Å²) in [6.07, 6.45) is 0. The topological polar surface area (TPSA) is 82.5 Å². The first-order chi connectivity index (χ1) is 8.93. The van der Waals surface area contributed by atoms with Gasteiger partial charge in [-0.05, 0) is 32.9 Å². The number of likely N-dealkylation sites (N-methyl/N-ethyl adjacent to an activating group) is 1. The van der Waals surface area contributed by atoms with E-state index in [4.69, 9.17) is 5.11 Å². The molecule has 0 aliphatic carbocycles. The van der Waals surface area contributed by atoms with Crippen molar-refractivity contribution in [2.24, 2.45) is 0 Å². The first-order valence-corrected chi connectivity index (χ1v) is 6.18. The zero-order valence-electron chi connectivity index (χ0n) is 11.4. The highest BCUT2D eigenvalue weighted by Gasteiger charge is 2.13. The van der Waals surface area contributed by atoms with Crippen LogP contribution < -0.4 is 10.2 Å². The number of amides is 1. The molecule has 0 aliphatic heterocycles. The third-order valence-corrected chi connectivity index (χ3v) is 2.44. The minimum absolute atomic E-state index is 0.0276. The molecular weight excluding hydrogens is 246 g/mol. The summed E-state index contributed by atoms with van der Waals surface area (Å²) in [4.78, 5) is 28.3. The predicted octanol–water partition coefficient (Wildman–Crippen LogP) is 1.13. The minimum Gasteiger partial charge on any atom is -0.477 e. The number of aromatic nitrogens is 1. The van der Waals surface area contributed by atoms with Gasteiger partial charge < -0.3 is 15.3 Å². The zero-order valence-corrected chi connectivity index (χ0v) is 11.4. The average molecular weight is 265 g/mol. The molecule has 1 rings (SSSR count). The molecular formula is C13H19N3O3. The lowest BCUT2D eigenvalue weighted by Crippen LogP contribution is -2.40. The van der Waals surface area contributed by atoms with Gasteiger partial charge in [-0.1, -0.05) is 6.07 Å². The third-order valence-electron chi connectivity index (χ3n) is 2.44. The fraction of sp³-hybridized carbons (Fsp3) is 0.462. The van der Waals surface area contributed by atoms with E-state index in [-0.39, 0.29) is 24.2 Å². The number of aromatic carboxylic acids is 1. The Labute approximate surface area is 112 Å². The van der Waals surface area contributed by atoms with Crippen LogP contribution in [0, 0.1) is 0 Å². The van der Waals surface area contributed by atoms with Gasteiger partial charge in [0.05, 0.1) is 6.54 Å². The molecule has 1 aromatic rings. The molecule has 0 fully saturated rings. The number of pyridine rings is 1. The predicted molar refractivity (Wildman–Crippen MR) is 72.4 cm³/mol. The summed E-state index contributed by atoms with van der Waals surface area (Å²) in [5, 5.41) is 11.7. The lowest BCUT2D eigenvalue weighted by atomic mass is 10.3. The van der Waals surface area contributed by atoms with Gasteiger partial charge in [0.2, 0.25) is 5.91 Å². The minimum atomic E-state index is -1.08. The fourth-order valence-corrected chi connectivity index (χ4v) is 1.61. The molecule has 6 nitrogen and oxygen atoms in total. The van der Waals surface area contributed by atoms with Gasteiger partial charge in [0.15, 0.2) is 5.69 Å². The van der Waals surface area contributed by atoms with Gasteiger partial charge in [0.25, 0.3) is 0 Å². The van der Waals surface area contributed by atoms with Crippen molar-refractivity contribution in [1.29, 1.82) is 0 Å². The van der Waals surface area contributed by atoms with Gasteiger partial charge in [-0.3, -0.25) is 4.79 Å². The van der Waals surface area contributed by atoms with Crippen LogP contribution in [0.2, 0.25) is 0 Å². The molecule has 6 heteroatoms. The molecule has 1 aromatic heterocycles. The van der Waals surface area contributed by atoms with Gasteiger partial charge in [0, 0.05) is 12.6 Å². The molecule has 0 radical (unpaired) electrons. The van der Waals surface area contributed by atoms with E-state index in [1.54, 1.807) is 17.0 Å². The highest BCUT2D eigenvalue weighted by atomic mass is 16.4. The number of carboxylic acids is 1. The Morgan fingerprint density at radius 3 is 2.63 bits per heavy atom. The molecule has 0 bridgehead atoms. The van der Waals surface area contributed by atoms with Crippen molar-refractivity contribution in [2.45, 2.75) is 26.8 Å². The lowest BCUT2D eigenvalue weighted by molar-refractivity contribution is -0.120. The molecule has 0 aliphatic rings. The third kappa shape index (κ3) is 4.57. The van der Waals surface area contributed by atoms with E-state index in [2.05, 4.69) is 10.3 Å². The van der Waals surface area contributed by atoms with Gasteiger partial charge in [-0.15, -0.1) is 0 Å². The molecule has 0 atom stereocenters. The molecule has 19 heavy (non-hydrogen) atoms. The number of hydrogen-bond donors (Lipinski definition) is 2. The SMILES string of the molecule is CCN(CC(=O)NC(C)C)c1cccc(C(=O)O)n1. The maximum atomic E-state index is 11.7. The summed E-state index contributed by atoms with van der Waals surface area (Å²) >= 11 is 0. The molecule has 2 N–H and O–H groups in total. The number of rotatable bonds is 6. The van der Waals surface area contributed by atoms with Crippen LogP contribution in [0.1, 0.15) is 31.3 Å². The van der Waals surface area contributed by atoms with Crippen LogP contribution in [0.15, 0.2) is 18.2 Å². The maximum absolute atomic E-state index is 11.7. The van der Waals surface area contributed by atoms with Crippen LogP contribution in [-0.2, 0) is 4.79 Å². The smallest absolute Gasteiger partial charge is 0.354 e. The molecule has 0 unspecified atom stereocenters. The van der Waals surface area contributed by atoms with E-state index in [1.165, 1.54) is 6.07 Å². The summed E-state index contributed by atoms with van der Waals surface area (Å²) in [5.74, 6) is -0.704. The van der Waals surface area contributed by atoms with E-state index < -0.39 is 5.97 Å². The van der Waals surface area contributed by atoms with Crippen LogP contribution in [-0.4, -0.2) is 41.1 Å². The van der Waals surface area contributed by atoms with Crippen molar-refractivity contribution in [3.8, 4) is 0 Å². The van der Waals surface area contributed by atoms with Crippen LogP contribution in [0.25, 0.3) is 0 Å². The Morgan fingerprint density at radius 2 is 2.11 bits per heavy atom. The highest BCUT2D eigenvalue weighted by Crippen LogP contribution is 2.11. The van der Waals surface area contributed by atoms with E-state index in [9.17, 15) is 9.59 Å². The summed E-state index contributed by atoms with van der Waals surface area (Å²) < 4.78 is 0. The van der Waals surface area contributed by atoms with E-state index >= 15 is 0 Å². The summed E-state index contributed by atoms with van der Waals surface area (Å²) in [7, 11) is 0. The van der Waals surface area contributed by atoms with Crippen molar-refractivity contribution in [3.05, 3.63) is 23.9 Å². The molecule has 1 heterocycles. The van der Waals surface area contributed by atoms with E-state index in [0.717, 1.165) is 0 Å². The van der Waals surface area contributed by atoms with Crippen molar-refractivity contribution in [1.82, 2.24) is 10.3 Å². The number of carbonyl (C=O) groups is 2. The second-order valence-corrected chi connectivity index (χ2v) is 4.42. The number of carbonyl (C=O) groups excluding carboxylic acids is 1. The van der Waals surface area contributed by atoms with Gasteiger partial charge in [-0.2, -0.15) is 0 Å². The van der Waals surface area contributed by atoms with Crippen LogP contribution in [0.4, 0.5) is 5.82 Å². The quantitative estimate of drug-likeness (QED) is 0.805. The lowest BCUT2D eigenvalue weighted by Gasteiger charge is -2.22. The van der Waals surface area contributed by atoms with E-state index in [0.29, 0.717) is 12.4 Å². The Morgan fingerprint density at radius 1 is 1.42 bits per heavy atom. The van der Waals surface area contributed by atoms with Crippen LogP contribution in [0.5, 0.6) is 0 Å². The van der Waals surface area contributed by atoms with Crippen molar-refractivity contribution in [3.63, 3.8) is 0 Å². The average Bonchev–Trinajstić information content (AvgIpc) is 2.35. The van der Waals surface area contributed by atoms with Gasteiger partial charge >= 0.3 is 5.97 Å². The number of anilines is 1. The molecule has 0 saturated heterocycles. The van der Waals surface area contributed by atoms with Crippen LogP contribution in [0.3, 0.4) is 0 Å². The highest BCUT2D eigenvalue weighted by molar-refractivity contribution is 5.86.